The maximum Gasteiger partial charge on any atom is 0.00745 e. The molecular weight excluding hydrogens is 316 g/mol. The number of hydrogen-bond acceptors (Lipinski definition) is 2. The van der Waals surface area contributed by atoms with Crippen molar-refractivity contribution in [3.8, 4) is 0 Å². The van der Waals surface area contributed by atoms with Crippen LogP contribution in [0.4, 0.5) is 0 Å². The smallest absolute Gasteiger partial charge is 0.00745 e. The fraction of sp³-hybridized carbons (Fsp3) is 1.00. The number of unbranched alkanes of at least 4 members (excludes halogenated alkanes) is 14. The van der Waals surface area contributed by atoms with E-state index in [-0.39, 0.29) is 0 Å². The predicted molar refractivity (Wildman–Crippen MR) is 120 cm³/mol. The van der Waals surface area contributed by atoms with E-state index in [0.717, 1.165) is 25.6 Å². The lowest BCUT2D eigenvalue weighted by molar-refractivity contribution is 0.426. The van der Waals surface area contributed by atoms with Gasteiger partial charge in [-0.15, -0.1) is 0 Å². The monoisotopic (exact) mass is 368 g/mol. The van der Waals surface area contributed by atoms with Gasteiger partial charge in [0.15, 0.2) is 0 Å². The fourth-order valence-corrected chi connectivity index (χ4v) is 3.91. The highest BCUT2D eigenvalue weighted by atomic mass is 14.9. The van der Waals surface area contributed by atoms with Gasteiger partial charge in [0.05, 0.1) is 0 Å². The first kappa shape index (κ1) is 25.9. The van der Waals surface area contributed by atoms with Gasteiger partial charge in [-0.25, -0.2) is 0 Å². The zero-order valence-corrected chi connectivity index (χ0v) is 18.5. The van der Waals surface area contributed by atoms with E-state index in [1.807, 2.05) is 0 Å². The molecule has 0 heterocycles. The van der Waals surface area contributed by atoms with Crippen LogP contribution in [0.3, 0.4) is 0 Å². The van der Waals surface area contributed by atoms with Crippen LogP contribution in [0.15, 0.2) is 0 Å². The molecule has 0 aromatic carbocycles. The molecule has 0 unspecified atom stereocenters. The largest absolute Gasteiger partial charge is 0.329 e. The minimum atomic E-state index is 0.762. The lowest BCUT2D eigenvalue weighted by Crippen LogP contribution is -2.23. The van der Waals surface area contributed by atoms with E-state index in [1.165, 1.54) is 116 Å². The van der Waals surface area contributed by atoms with Crippen molar-refractivity contribution in [2.24, 2.45) is 11.7 Å². The number of hydrogen-bond donors (Lipinski definition) is 2. The summed E-state index contributed by atoms with van der Waals surface area (Å²) in [4.78, 5) is 0. The highest BCUT2D eigenvalue weighted by Gasteiger charge is 2.02. The summed E-state index contributed by atoms with van der Waals surface area (Å²) >= 11 is 0. The SMILES string of the molecule is CCC(CC)CCCCCCCCCCCCCCCCCNCCN. The Morgan fingerprint density at radius 3 is 1.31 bits per heavy atom. The maximum absolute atomic E-state index is 5.46. The molecule has 0 amide bonds. The molecule has 0 radical (unpaired) electrons. The van der Waals surface area contributed by atoms with Gasteiger partial charge in [0.25, 0.3) is 0 Å². The van der Waals surface area contributed by atoms with Crippen molar-refractivity contribution in [3.63, 3.8) is 0 Å². The van der Waals surface area contributed by atoms with Gasteiger partial charge in [0.2, 0.25) is 0 Å². The van der Waals surface area contributed by atoms with Crippen molar-refractivity contribution in [1.29, 1.82) is 0 Å². The second-order valence-electron chi connectivity index (χ2n) is 8.31. The number of nitrogens with two attached hydrogens (primary N) is 1. The fourth-order valence-electron chi connectivity index (χ4n) is 3.91. The molecule has 0 rings (SSSR count). The van der Waals surface area contributed by atoms with Crippen molar-refractivity contribution in [3.05, 3.63) is 0 Å². The first-order valence-corrected chi connectivity index (χ1v) is 12.3. The average molecular weight is 369 g/mol. The number of rotatable bonds is 22. The molecule has 0 aromatic rings. The average Bonchev–Trinajstić information content (AvgIpc) is 2.66. The molecule has 26 heavy (non-hydrogen) atoms. The van der Waals surface area contributed by atoms with E-state index >= 15 is 0 Å². The number of nitrogens with one attached hydrogen (secondary N) is 1. The standard InChI is InChI=1S/C24H52N2/c1-3-24(4-2)20-18-16-14-12-10-8-6-5-7-9-11-13-15-17-19-22-26-23-21-25/h24,26H,3-23,25H2,1-2H3. The van der Waals surface area contributed by atoms with Crippen LogP contribution < -0.4 is 11.1 Å². The van der Waals surface area contributed by atoms with Crippen LogP contribution in [0.5, 0.6) is 0 Å². The maximum atomic E-state index is 5.46. The van der Waals surface area contributed by atoms with Crippen LogP contribution in [0.2, 0.25) is 0 Å². The topological polar surface area (TPSA) is 38.0 Å². The summed E-state index contributed by atoms with van der Waals surface area (Å²) in [6.45, 7) is 7.57. The molecule has 0 saturated heterocycles. The van der Waals surface area contributed by atoms with Crippen molar-refractivity contribution in [1.82, 2.24) is 5.32 Å². The summed E-state index contributed by atoms with van der Waals surface area (Å²) in [7, 11) is 0. The van der Waals surface area contributed by atoms with Gasteiger partial charge in [-0.2, -0.15) is 0 Å². The zero-order chi connectivity index (χ0) is 19.1. The van der Waals surface area contributed by atoms with Crippen LogP contribution in [0, 0.1) is 5.92 Å². The first-order chi connectivity index (χ1) is 12.8. The van der Waals surface area contributed by atoms with Gasteiger partial charge in [-0.1, -0.05) is 123 Å². The van der Waals surface area contributed by atoms with Crippen LogP contribution >= 0.6 is 0 Å². The molecular formula is C24H52N2. The Morgan fingerprint density at radius 1 is 0.538 bits per heavy atom. The molecule has 0 spiro atoms. The zero-order valence-electron chi connectivity index (χ0n) is 18.5. The normalized spacial score (nSPS) is 11.5. The molecule has 158 valence electrons. The third kappa shape index (κ3) is 20.2. The Labute approximate surface area is 166 Å². The lowest BCUT2D eigenvalue weighted by atomic mass is 9.95. The summed E-state index contributed by atoms with van der Waals surface area (Å²) < 4.78 is 0. The molecule has 0 saturated carbocycles. The highest BCUT2D eigenvalue weighted by Crippen LogP contribution is 2.18. The minimum absolute atomic E-state index is 0.762. The predicted octanol–water partition coefficient (Wildman–Crippen LogP) is 7.21. The van der Waals surface area contributed by atoms with E-state index in [1.54, 1.807) is 0 Å². The van der Waals surface area contributed by atoms with Gasteiger partial charge >= 0.3 is 0 Å². The van der Waals surface area contributed by atoms with E-state index in [4.69, 9.17) is 5.73 Å². The molecule has 0 aliphatic rings. The molecule has 0 aliphatic carbocycles. The van der Waals surface area contributed by atoms with Gasteiger partial charge in [-0.3, -0.25) is 0 Å². The molecule has 0 bridgehead atoms. The molecule has 2 nitrogen and oxygen atoms in total. The quantitative estimate of drug-likeness (QED) is 0.198. The van der Waals surface area contributed by atoms with Crippen LogP contribution in [-0.4, -0.2) is 19.6 Å². The van der Waals surface area contributed by atoms with Gasteiger partial charge in [0.1, 0.15) is 0 Å². The van der Waals surface area contributed by atoms with Crippen molar-refractivity contribution in [2.75, 3.05) is 19.6 Å². The van der Waals surface area contributed by atoms with Crippen molar-refractivity contribution in [2.45, 2.75) is 129 Å². The Morgan fingerprint density at radius 2 is 0.923 bits per heavy atom. The Kier molecular flexibility index (Phi) is 22.9. The van der Waals surface area contributed by atoms with E-state index in [2.05, 4.69) is 19.2 Å². The Balaban J connectivity index is 3.03. The molecule has 0 aromatic heterocycles. The van der Waals surface area contributed by atoms with Crippen molar-refractivity contribution >= 4 is 0 Å². The summed E-state index contributed by atoms with van der Waals surface area (Å²) in [6.07, 6.45) is 25.9. The molecule has 0 fully saturated rings. The van der Waals surface area contributed by atoms with Crippen LogP contribution in [-0.2, 0) is 0 Å². The van der Waals surface area contributed by atoms with Gasteiger partial charge < -0.3 is 11.1 Å². The summed E-state index contributed by atoms with van der Waals surface area (Å²) in [5, 5.41) is 3.37. The highest BCUT2D eigenvalue weighted by molar-refractivity contribution is 4.56. The molecule has 3 N–H and O–H groups in total. The van der Waals surface area contributed by atoms with Crippen LogP contribution in [0.1, 0.15) is 129 Å². The third-order valence-corrected chi connectivity index (χ3v) is 5.94. The second kappa shape index (κ2) is 23.0. The summed E-state index contributed by atoms with van der Waals surface area (Å²) in [5.74, 6) is 0.994. The van der Waals surface area contributed by atoms with Gasteiger partial charge in [0, 0.05) is 13.1 Å². The minimum Gasteiger partial charge on any atom is -0.329 e. The first-order valence-electron chi connectivity index (χ1n) is 12.3. The van der Waals surface area contributed by atoms with Crippen LogP contribution in [0.25, 0.3) is 0 Å². The van der Waals surface area contributed by atoms with Crippen molar-refractivity contribution < 1.29 is 0 Å². The molecule has 0 aliphatic heterocycles. The summed E-state index contributed by atoms with van der Waals surface area (Å²) in [6, 6.07) is 0. The molecule has 2 heteroatoms. The summed E-state index contributed by atoms with van der Waals surface area (Å²) in [5.41, 5.74) is 5.46. The van der Waals surface area contributed by atoms with E-state index < -0.39 is 0 Å². The Hall–Kier alpha value is -0.0800. The molecule has 0 atom stereocenters. The van der Waals surface area contributed by atoms with E-state index in [9.17, 15) is 0 Å². The Bertz CT molecular complexity index is 238. The second-order valence-corrected chi connectivity index (χ2v) is 8.31. The van der Waals surface area contributed by atoms with E-state index in [0.29, 0.717) is 0 Å². The third-order valence-electron chi connectivity index (χ3n) is 5.94. The van der Waals surface area contributed by atoms with Gasteiger partial charge in [-0.05, 0) is 18.9 Å². The lowest BCUT2D eigenvalue weighted by Gasteiger charge is -2.11.